The van der Waals surface area contributed by atoms with Crippen molar-refractivity contribution in [3.05, 3.63) is 53.9 Å². The lowest BCUT2D eigenvalue weighted by atomic mass is 9.93. The number of amides is 1. The lowest BCUT2D eigenvalue weighted by molar-refractivity contribution is 0.0950. The summed E-state index contributed by atoms with van der Waals surface area (Å²) >= 11 is 0. The number of sulfonamides is 1. The highest BCUT2D eigenvalue weighted by atomic mass is 32.2. The van der Waals surface area contributed by atoms with Crippen LogP contribution in [0, 0.1) is 17.2 Å². The van der Waals surface area contributed by atoms with Gasteiger partial charge in [-0.2, -0.15) is 14.7 Å². The average Bonchev–Trinajstić information content (AvgIpc) is 3.31. The van der Waals surface area contributed by atoms with Crippen molar-refractivity contribution >= 4 is 27.0 Å². The number of nitriles is 1. The zero-order valence-electron chi connectivity index (χ0n) is 18.2. The summed E-state index contributed by atoms with van der Waals surface area (Å²) in [6.45, 7) is 1.29. The quantitative estimate of drug-likeness (QED) is 0.491. The number of aromatic amines is 1. The van der Waals surface area contributed by atoms with Gasteiger partial charge in [0.15, 0.2) is 5.65 Å². The molecule has 0 aliphatic carbocycles. The molecule has 3 aromatic rings. The number of aromatic nitrogens is 3. The van der Waals surface area contributed by atoms with Crippen LogP contribution in [0.4, 0.5) is 0 Å². The third-order valence-electron chi connectivity index (χ3n) is 6.04. The van der Waals surface area contributed by atoms with Gasteiger partial charge in [0, 0.05) is 37.6 Å². The first-order chi connectivity index (χ1) is 16.0. The Hall–Kier alpha value is -3.29. The molecule has 0 unspecified atom stereocenters. The average molecular weight is 467 g/mol. The second-order valence-corrected chi connectivity index (χ2v) is 10.2. The number of carbonyl (C=O) groups excluding carboxylic acids is 1. The molecular formula is C23H26N6O3S. The predicted molar refractivity (Wildman–Crippen MR) is 122 cm³/mol. The van der Waals surface area contributed by atoms with Gasteiger partial charge in [-0.3, -0.25) is 9.89 Å². The molecule has 1 aliphatic heterocycles. The van der Waals surface area contributed by atoms with E-state index in [0.717, 1.165) is 36.6 Å². The van der Waals surface area contributed by atoms with Crippen LogP contribution in [0.15, 0.2) is 47.6 Å². The molecule has 1 amide bonds. The standard InChI is InChI=1S/C23H26N6O3S/c24-10-2-1-3-17-8-11-29(12-9-17)33(31,32)21-6-4-18(5-7-21)14-26-23(30)20-13-19-16-27-28-22(19)25-15-20/h4-7,13,15-17H,1-3,8-9,11-12,14H2,(H,26,30)(H,25,27,28). The van der Waals surface area contributed by atoms with Crippen LogP contribution in [-0.4, -0.2) is 46.9 Å². The number of carbonyl (C=O) groups is 1. The Morgan fingerprint density at radius 3 is 2.70 bits per heavy atom. The van der Waals surface area contributed by atoms with E-state index in [4.69, 9.17) is 5.26 Å². The van der Waals surface area contributed by atoms with Crippen LogP contribution in [-0.2, 0) is 16.6 Å². The van der Waals surface area contributed by atoms with Gasteiger partial charge in [0.25, 0.3) is 5.91 Å². The Balaban J connectivity index is 1.32. The van der Waals surface area contributed by atoms with Crippen LogP contribution in [0.5, 0.6) is 0 Å². The zero-order chi connectivity index (χ0) is 23.3. The third-order valence-corrected chi connectivity index (χ3v) is 7.95. The summed E-state index contributed by atoms with van der Waals surface area (Å²) in [4.78, 5) is 16.8. The maximum atomic E-state index is 13.0. The second-order valence-electron chi connectivity index (χ2n) is 8.26. The number of unbranched alkanes of at least 4 members (excludes halogenated alkanes) is 1. The van der Waals surface area contributed by atoms with Crippen LogP contribution < -0.4 is 5.32 Å². The summed E-state index contributed by atoms with van der Waals surface area (Å²) in [6.07, 6.45) is 7.16. The number of nitrogens with one attached hydrogen (secondary N) is 2. The minimum atomic E-state index is -3.54. The Bertz CT molecular complexity index is 1260. The van der Waals surface area contributed by atoms with Crippen molar-refractivity contribution in [2.75, 3.05) is 13.1 Å². The molecule has 33 heavy (non-hydrogen) atoms. The molecule has 2 aromatic heterocycles. The van der Waals surface area contributed by atoms with Crippen molar-refractivity contribution in [1.82, 2.24) is 24.8 Å². The summed E-state index contributed by atoms with van der Waals surface area (Å²) in [5, 5.41) is 18.9. The number of nitrogens with zero attached hydrogens (tertiary/aromatic N) is 4. The minimum absolute atomic E-state index is 0.259. The van der Waals surface area contributed by atoms with Crippen molar-refractivity contribution < 1.29 is 13.2 Å². The maximum absolute atomic E-state index is 13.0. The van der Waals surface area contributed by atoms with E-state index in [1.54, 1.807) is 40.8 Å². The molecule has 0 bridgehead atoms. The van der Waals surface area contributed by atoms with E-state index >= 15 is 0 Å². The van der Waals surface area contributed by atoms with E-state index in [2.05, 4.69) is 26.6 Å². The number of piperidine rings is 1. The molecular weight excluding hydrogens is 440 g/mol. The molecule has 0 radical (unpaired) electrons. The number of fused-ring (bicyclic) bond motifs is 1. The fourth-order valence-corrected chi connectivity index (χ4v) is 5.55. The molecule has 1 saturated heterocycles. The van der Waals surface area contributed by atoms with Gasteiger partial charge in [0.2, 0.25) is 10.0 Å². The second kappa shape index (κ2) is 10.1. The molecule has 172 valence electrons. The number of pyridine rings is 1. The molecule has 0 atom stereocenters. The van der Waals surface area contributed by atoms with Gasteiger partial charge >= 0.3 is 0 Å². The maximum Gasteiger partial charge on any atom is 0.253 e. The highest BCUT2D eigenvalue weighted by molar-refractivity contribution is 7.89. The first-order valence-electron chi connectivity index (χ1n) is 11.0. The Morgan fingerprint density at radius 1 is 1.21 bits per heavy atom. The van der Waals surface area contributed by atoms with Gasteiger partial charge in [-0.05, 0) is 55.4 Å². The zero-order valence-corrected chi connectivity index (χ0v) is 19.0. The summed E-state index contributed by atoms with van der Waals surface area (Å²) < 4.78 is 27.5. The van der Waals surface area contributed by atoms with E-state index in [1.807, 2.05) is 0 Å². The Kier molecular flexibility index (Phi) is 7.01. The predicted octanol–water partition coefficient (Wildman–Crippen LogP) is 2.98. The van der Waals surface area contributed by atoms with Crippen molar-refractivity contribution in [2.45, 2.75) is 43.5 Å². The molecule has 1 aliphatic rings. The summed E-state index contributed by atoms with van der Waals surface area (Å²) in [7, 11) is -3.54. The highest BCUT2D eigenvalue weighted by Crippen LogP contribution is 2.27. The molecule has 4 rings (SSSR count). The molecule has 1 fully saturated rings. The van der Waals surface area contributed by atoms with E-state index in [0.29, 0.717) is 36.6 Å². The molecule has 0 saturated carbocycles. The molecule has 0 spiro atoms. The normalized spacial score (nSPS) is 15.4. The number of hydrogen-bond acceptors (Lipinski definition) is 6. The van der Waals surface area contributed by atoms with Crippen LogP contribution in [0.2, 0.25) is 0 Å². The van der Waals surface area contributed by atoms with Gasteiger partial charge in [-0.25, -0.2) is 13.4 Å². The summed E-state index contributed by atoms with van der Waals surface area (Å²) in [5.41, 5.74) is 1.85. The van der Waals surface area contributed by atoms with Crippen LogP contribution in [0.3, 0.4) is 0 Å². The molecule has 1 aromatic carbocycles. The van der Waals surface area contributed by atoms with Crippen LogP contribution in [0.1, 0.15) is 48.0 Å². The SMILES string of the molecule is N#CCCCC1CCN(S(=O)(=O)c2ccc(CNC(=O)c3cnc4[nH]ncc4c3)cc2)CC1. The van der Waals surface area contributed by atoms with Crippen LogP contribution >= 0.6 is 0 Å². The highest BCUT2D eigenvalue weighted by Gasteiger charge is 2.29. The molecule has 2 N–H and O–H groups in total. The van der Waals surface area contributed by atoms with E-state index in [1.165, 1.54) is 6.20 Å². The smallest absolute Gasteiger partial charge is 0.253 e. The minimum Gasteiger partial charge on any atom is -0.348 e. The largest absolute Gasteiger partial charge is 0.348 e. The molecule has 3 heterocycles. The topological polar surface area (TPSA) is 132 Å². The Morgan fingerprint density at radius 2 is 1.97 bits per heavy atom. The van der Waals surface area contributed by atoms with Crippen molar-refractivity contribution in [1.29, 1.82) is 5.26 Å². The van der Waals surface area contributed by atoms with Gasteiger partial charge in [-0.1, -0.05) is 12.1 Å². The monoisotopic (exact) mass is 466 g/mol. The van der Waals surface area contributed by atoms with Gasteiger partial charge in [-0.15, -0.1) is 0 Å². The first kappa shape index (κ1) is 22.9. The third kappa shape index (κ3) is 5.38. The molecule has 9 nitrogen and oxygen atoms in total. The number of hydrogen-bond donors (Lipinski definition) is 2. The fraction of sp³-hybridized carbons (Fsp3) is 0.391. The number of rotatable bonds is 8. The van der Waals surface area contributed by atoms with Crippen molar-refractivity contribution in [2.24, 2.45) is 5.92 Å². The van der Waals surface area contributed by atoms with Gasteiger partial charge < -0.3 is 5.32 Å². The van der Waals surface area contributed by atoms with E-state index in [-0.39, 0.29) is 17.3 Å². The van der Waals surface area contributed by atoms with E-state index in [9.17, 15) is 13.2 Å². The van der Waals surface area contributed by atoms with Crippen molar-refractivity contribution in [3.8, 4) is 6.07 Å². The lowest BCUT2D eigenvalue weighted by Gasteiger charge is -2.31. The Labute approximate surface area is 192 Å². The van der Waals surface area contributed by atoms with Gasteiger partial charge in [0.05, 0.1) is 22.7 Å². The number of benzene rings is 1. The number of H-pyrrole nitrogens is 1. The van der Waals surface area contributed by atoms with Crippen molar-refractivity contribution in [3.63, 3.8) is 0 Å². The van der Waals surface area contributed by atoms with Crippen LogP contribution in [0.25, 0.3) is 11.0 Å². The summed E-state index contributed by atoms with van der Waals surface area (Å²) in [6, 6.07) is 10.5. The van der Waals surface area contributed by atoms with Gasteiger partial charge in [0.1, 0.15) is 0 Å². The molecule has 10 heteroatoms. The fourth-order valence-electron chi connectivity index (χ4n) is 4.08. The first-order valence-corrected chi connectivity index (χ1v) is 12.4. The van der Waals surface area contributed by atoms with E-state index < -0.39 is 10.0 Å². The summed E-state index contributed by atoms with van der Waals surface area (Å²) in [5.74, 6) is 0.222. The lowest BCUT2D eigenvalue weighted by Crippen LogP contribution is -2.38.